The molecule has 0 atom stereocenters. The number of nitrogens with zero attached hydrogens (tertiary/aromatic N) is 2. The highest BCUT2D eigenvalue weighted by molar-refractivity contribution is 6.02. The molecule has 0 saturated carbocycles. The molecule has 0 radical (unpaired) electrons. The van der Waals surface area contributed by atoms with Crippen LogP contribution in [0, 0.1) is 18.6 Å². The molecule has 0 aliphatic carbocycles. The van der Waals surface area contributed by atoms with Crippen LogP contribution in [-0.2, 0) is 13.2 Å². The van der Waals surface area contributed by atoms with Crippen molar-refractivity contribution in [1.82, 2.24) is 9.78 Å². The van der Waals surface area contributed by atoms with E-state index < -0.39 is 35.0 Å². The van der Waals surface area contributed by atoms with E-state index in [9.17, 15) is 26.7 Å². The first-order chi connectivity index (χ1) is 13.0. The first-order valence-electron chi connectivity index (χ1n) is 8.01. The van der Waals surface area contributed by atoms with E-state index in [1.165, 1.54) is 32.2 Å². The highest BCUT2D eigenvalue weighted by atomic mass is 19.4. The third kappa shape index (κ3) is 3.23. The highest BCUT2D eigenvalue weighted by Gasteiger charge is 2.41. The van der Waals surface area contributed by atoms with Gasteiger partial charge < -0.3 is 5.73 Å². The summed E-state index contributed by atoms with van der Waals surface area (Å²) in [7, 11) is 1.23. The number of benzene rings is 2. The van der Waals surface area contributed by atoms with Crippen LogP contribution in [0.25, 0.3) is 22.4 Å². The molecule has 0 bridgehead atoms. The Morgan fingerprint density at radius 1 is 1.07 bits per heavy atom. The molecule has 28 heavy (non-hydrogen) atoms. The van der Waals surface area contributed by atoms with Crippen LogP contribution in [0.4, 0.5) is 22.0 Å². The lowest BCUT2D eigenvalue weighted by Crippen LogP contribution is -2.18. The monoisotopic (exact) mass is 395 g/mol. The Balaban J connectivity index is 2.34. The standard InChI is InChI=1S/C19H14F5N3O/c1-9-13(20)7-10(8-14(9)21)11-5-3-4-6-12(11)16-15(18(25)28)17(19(22,23)24)26-27(16)2/h3-8H,1-2H3,(H2,25,28). The topological polar surface area (TPSA) is 60.9 Å². The average molecular weight is 395 g/mol. The fourth-order valence-corrected chi connectivity index (χ4v) is 3.01. The molecule has 2 aromatic carbocycles. The molecule has 0 aliphatic rings. The summed E-state index contributed by atoms with van der Waals surface area (Å²) in [5.74, 6) is -2.92. The lowest BCUT2D eigenvalue weighted by Gasteiger charge is -2.13. The molecule has 0 spiro atoms. The summed E-state index contributed by atoms with van der Waals surface area (Å²) >= 11 is 0. The number of aryl methyl sites for hydroxylation is 1. The molecular weight excluding hydrogens is 381 g/mol. The van der Waals surface area contributed by atoms with Gasteiger partial charge in [-0.2, -0.15) is 18.3 Å². The predicted octanol–water partition coefficient (Wildman–Crippen LogP) is 4.46. The molecule has 146 valence electrons. The normalized spacial score (nSPS) is 11.7. The van der Waals surface area contributed by atoms with Gasteiger partial charge in [-0.25, -0.2) is 8.78 Å². The van der Waals surface area contributed by atoms with E-state index in [1.807, 2.05) is 0 Å². The van der Waals surface area contributed by atoms with Crippen LogP contribution in [0.2, 0.25) is 0 Å². The van der Waals surface area contributed by atoms with Crippen molar-refractivity contribution < 1.29 is 26.7 Å². The lowest BCUT2D eigenvalue weighted by molar-refractivity contribution is -0.141. The van der Waals surface area contributed by atoms with Crippen molar-refractivity contribution in [3.05, 3.63) is 64.9 Å². The van der Waals surface area contributed by atoms with Gasteiger partial charge in [-0.1, -0.05) is 24.3 Å². The van der Waals surface area contributed by atoms with E-state index in [-0.39, 0.29) is 27.9 Å². The van der Waals surface area contributed by atoms with Gasteiger partial charge in [0.2, 0.25) is 0 Å². The fraction of sp³-hybridized carbons (Fsp3) is 0.158. The third-order valence-electron chi connectivity index (χ3n) is 4.34. The van der Waals surface area contributed by atoms with Gasteiger partial charge in [0, 0.05) is 18.2 Å². The van der Waals surface area contributed by atoms with Crippen molar-refractivity contribution in [2.24, 2.45) is 12.8 Å². The number of hydrogen-bond donors (Lipinski definition) is 1. The van der Waals surface area contributed by atoms with E-state index in [0.29, 0.717) is 0 Å². The molecule has 4 nitrogen and oxygen atoms in total. The zero-order valence-electron chi connectivity index (χ0n) is 14.7. The van der Waals surface area contributed by atoms with Crippen LogP contribution >= 0.6 is 0 Å². The number of carbonyl (C=O) groups is 1. The second-order valence-electron chi connectivity index (χ2n) is 6.17. The van der Waals surface area contributed by atoms with Crippen molar-refractivity contribution >= 4 is 5.91 Å². The molecule has 9 heteroatoms. The minimum Gasteiger partial charge on any atom is -0.365 e. The van der Waals surface area contributed by atoms with Gasteiger partial charge in [0.25, 0.3) is 5.91 Å². The van der Waals surface area contributed by atoms with Gasteiger partial charge in [0.05, 0.1) is 11.3 Å². The van der Waals surface area contributed by atoms with Crippen molar-refractivity contribution in [1.29, 1.82) is 0 Å². The van der Waals surface area contributed by atoms with Crippen LogP contribution < -0.4 is 5.73 Å². The van der Waals surface area contributed by atoms with Crippen molar-refractivity contribution in [3.63, 3.8) is 0 Å². The van der Waals surface area contributed by atoms with Crippen molar-refractivity contribution in [2.45, 2.75) is 13.1 Å². The van der Waals surface area contributed by atoms with Crippen LogP contribution in [0.5, 0.6) is 0 Å². The minimum atomic E-state index is -4.91. The lowest BCUT2D eigenvalue weighted by atomic mass is 9.94. The van der Waals surface area contributed by atoms with Gasteiger partial charge in [-0.05, 0) is 30.2 Å². The second kappa shape index (κ2) is 6.74. The predicted molar refractivity (Wildman–Crippen MR) is 92.3 cm³/mol. The summed E-state index contributed by atoms with van der Waals surface area (Å²) in [5.41, 5.74) is 3.05. The Kier molecular flexibility index (Phi) is 4.70. The molecule has 0 aliphatic heterocycles. The number of alkyl halides is 3. The quantitative estimate of drug-likeness (QED) is 0.666. The van der Waals surface area contributed by atoms with Crippen LogP contribution in [0.1, 0.15) is 21.6 Å². The molecule has 1 amide bonds. The first-order valence-corrected chi connectivity index (χ1v) is 8.01. The summed E-state index contributed by atoms with van der Waals surface area (Å²) in [5, 5.41) is 3.41. The number of aromatic nitrogens is 2. The first kappa shape index (κ1) is 19.5. The van der Waals surface area contributed by atoms with Crippen LogP contribution in [0.3, 0.4) is 0 Å². The Hall–Kier alpha value is -3.23. The molecule has 1 aromatic heterocycles. The molecular formula is C19H14F5N3O. The Labute approximate surface area is 156 Å². The number of amides is 1. The van der Waals surface area contributed by atoms with Crippen LogP contribution in [0.15, 0.2) is 36.4 Å². The fourth-order valence-electron chi connectivity index (χ4n) is 3.01. The van der Waals surface area contributed by atoms with E-state index in [0.717, 1.165) is 16.8 Å². The average Bonchev–Trinajstić information content (AvgIpc) is 2.97. The number of primary amides is 1. The van der Waals surface area contributed by atoms with Gasteiger partial charge in [-0.3, -0.25) is 9.48 Å². The third-order valence-corrected chi connectivity index (χ3v) is 4.34. The summed E-state index contributed by atoms with van der Waals surface area (Å²) in [4.78, 5) is 11.8. The van der Waals surface area contributed by atoms with Crippen molar-refractivity contribution in [2.75, 3.05) is 0 Å². The molecule has 2 N–H and O–H groups in total. The maximum atomic E-state index is 14.0. The molecule has 3 rings (SSSR count). The van der Waals surface area contributed by atoms with E-state index in [2.05, 4.69) is 5.10 Å². The summed E-state index contributed by atoms with van der Waals surface area (Å²) in [6, 6.07) is 8.12. The Morgan fingerprint density at radius 3 is 2.11 bits per heavy atom. The Morgan fingerprint density at radius 2 is 1.61 bits per heavy atom. The van der Waals surface area contributed by atoms with Gasteiger partial charge >= 0.3 is 6.18 Å². The van der Waals surface area contributed by atoms with E-state index >= 15 is 0 Å². The van der Waals surface area contributed by atoms with E-state index in [1.54, 1.807) is 6.07 Å². The maximum Gasteiger partial charge on any atom is 0.435 e. The number of carbonyl (C=O) groups excluding carboxylic acids is 1. The SMILES string of the molecule is Cc1c(F)cc(-c2ccccc2-c2c(C(N)=O)c(C(F)(F)F)nn2C)cc1F. The maximum absolute atomic E-state index is 14.0. The second-order valence-corrected chi connectivity index (χ2v) is 6.17. The smallest absolute Gasteiger partial charge is 0.365 e. The summed E-state index contributed by atoms with van der Waals surface area (Å²) in [6.07, 6.45) is -4.91. The van der Waals surface area contributed by atoms with Gasteiger partial charge in [-0.15, -0.1) is 0 Å². The van der Waals surface area contributed by atoms with Crippen LogP contribution in [-0.4, -0.2) is 15.7 Å². The number of hydrogen-bond acceptors (Lipinski definition) is 2. The number of rotatable bonds is 3. The van der Waals surface area contributed by atoms with Gasteiger partial charge in [0.1, 0.15) is 11.6 Å². The minimum absolute atomic E-state index is 0.0985. The highest BCUT2D eigenvalue weighted by Crippen LogP contribution is 2.39. The number of halogens is 5. The number of nitrogens with two attached hydrogens (primary N) is 1. The zero-order valence-corrected chi connectivity index (χ0v) is 14.7. The van der Waals surface area contributed by atoms with Crippen molar-refractivity contribution in [3.8, 4) is 22.4 Å². The molecule has 3 aromatic rings. The summed E-state index contributed by atoms with van der Waals surface area (Å²) in [6.45, 7) is 1.27. The summed E-state index contributed by atoms with van der Waals surface area (Å²) < 4.78 is 68.9. The zero-order chi connectivity index (χ0) is 20.8. The molecule has 0 saturated heterocycles. The van der Waals surface area contributed by atoms with E-state index in [4.69, 9.17) is 5.73 Å². The molecule has 0 unspecified atom stereocenters. The molecule has 0 fully saturated rings. The molecule has 1 heterocycles. The largest absolute Gasteiger partial charge is 0.435 e. The van der Waals surface area contributed by atoms with Gasteiger partial charge in [0.15, 0.2) is 5.69 Å². The Bertz CT molecular complexity index is 1060.